The lowest BCUT2D eigenvalue weighted by atomic mass is 10.2. The first-order chi connectivity index (χ1) is 9.47. The van der Waals surface area contributed by atoms with Crippen molar-refractivity contribution >= 4 is 29.4 Å². The number of hydrogen-bond donors (Lipinski definition) is 2. The molecule has 1 aromatic heterocycles. The average Bonchev–Trinajstić information content (AvgIpc) is 2.44. The van der Waals surface area contributed by atoms with Crippen LogP contribution in [0.25, 0.3) is 0 Å². The minimum absolute atomic E-state index is 0.0763. The van der Waals surface area contributed by atoms with E-state index < -0.39 is 5.97 Å². The van der Waals surface area contributed by atoms with Crippen LogP contribution in [0.15, 0.2) is 18.3 Å². The Morgan fingerprint density at radius 3 is 2.85 bits per heavy atom. The topological polar surface area (TPSA) is 82.5 Å². The molecule has 110 valence electrons. The summed E-state index contributed by atoms with van der Waals surface area (Å²) in [5, 5.41) is 11.6. The Kier molecular flexibility index (Phi) is 6.30. The van der Waals surface area contributed by atoms with E-state index in [-0.39, 0.29) is 23.5 Å². The second-order valence-electron chi connectivity index (χ2n) is 4.38. The van der Waals surface area contributed by atoms with Crippen LogP contribution >= 0.6 is 11.8 Å². The van der Waals surface area contributed by atoms with Crippen LogP contribution in [0.4, 0.5) is 10.5 Å². The summed E-state index contributed by atoms with van der Waals surface area (Å²) in [5.74, 6) is -0.203. The van der Waals surface area contributed by atoms with E-state index in [9.17, 15) is 9.59 Å². The molecule has 0 aliphatic rings. The van der Waals surface area contributed by atoms with E-state index in [2.05, 4.69) is 10.3 Å². The Morgan fingerprint density at radius 1 is 1.55 bits per heavy atom. The van der Waals surface area contributed by atoms with E-state index in [4.69, 9.17) is 5.11 Å². The lowest BCUT2D eigenvalue weighted by molar-refractivity contribution is 0.0691. The van der Waals surface area contributed by atoms with Crippen molar-refractivity contribution in [3.8, 4) is 0 Å². The molecule has 1 heterocycles. The molecule has 1 rings (SSSR count). The molecule has 6 nitrogen and oxygen atoms in total. The molecule has 0 aliphatic carbocycles. The van der Waals surface area contributed by atoms with Gasteiger partial charge in [0.2, 0.25) is 0 Å². The summed E-state index contributed by atoms with van der Waals surface area (Å²) in [6.07, 6.45) is 4.27. The Balaban J connectivity index is 2.73. The maximum atomic E-state index is 12.1. The van der Waals surface area contributed by atoms with Gasteiger partial charge in [0.15, 0.2) is 5.69 Å². The number of carboxylic acid groups (broad SMARTS) is 1. The van der Waals surface area contributed by atoms with Gasteiger partial charge in [-0.05, 0) is 37.5 Å². The van der Waals surface area contributed by atoms with Crippen molar-refractivity contribution in [2.75, 3.05) is 24.4 Å². The molecule has 0 fully saturated rings. The second-order valence-corrected chi connectivity index (χ2v) is 5.36. The zero-order valence-corrected chi connectivity index (χ0v) is 12.6. The van der Waals surface area contributed by atoms with Gasteiger partial charge >= 0.3 is 12.0 Å². The molecule has 2 N–H and O–H groups in total. The highest BCUT2D eigenvalue weighted by Crippen LogP contribution is 2.14. The number of pyridine rings is 1. The maximum Gasteiger partial charge on any atom is 0.356 e. The number of rotatable bonds is 6. The van der Waals surface area contributed by atoms with Crippen LogP contribution in [0.5, 0.6) is 0 Å². The zero-order chi connectivity index (χ0) is 15.1. The molecule has 0 saturated heterocycles. The number of urea groups is 1. The highest BCUT2D eigenvalue weighted by molar-refractivity contribution is 7.98. The quantitative estimate of drug-likeness (QED) is 0.842. The summed E-state index contributed by atoms with van der Waals surface area (Å²) in [5.41, 5.74) is 0.0416. The fourth-order valence-electron chi connectivity index (χ4n) is 1.56. The first-order valence-electron chi connectivity index (χ1n) is 6.18. The number of carbonyl (C=O) groups excluding carboxylic acids is 1. The number of nitrogens with zero attached hydrogens (tertiary/aromatic N) is 2. The number of anilines is 1. The van der Waals surface area contributed by atoms with Crippen molar-refractivity contribution in [1.82, 2.24) is 9.88 Å². The van der Waals surface area contributed by atoms with E-state index in [0.717, 1.165) is 12.2 Å². The normalized spacial score (nSPS) is 11.8. The summed E-state index contributed by atoms with van der Waals surface area (Å²) < 4.78 is 0. The van der Waals surface area contributed by atoms with E-state index in [0.29, 0.717) is 0 Å². The van der Waals surface area contributed by atoms with Crippen LogP contribution in [-0.2, 0) is 0 Å². The Labute approximate surface area is 122 Å². The van der Waals surface area contributed by atoms with Gasteiger partial charge in [0.1, 0.15) is 0 Å². The molecular weight excluding hydrogens is 278 g/mol. The minimum Gasteiger partial charge on any atom is -0.476 e. The average molecular weight is 297 g/mol. The maximum absolute atomic E-state index is 12.1. The molecular formula is C13H19N3O3S. The summed E-state index contributed by atoms with van der Waals surface area (Å²) in [4.78, 5) is 28.4. The fourth-order valence-corrected chi connectivity index (χ4v) is 2.14. The van der Waals surface area contributed by atoms with Crippen molar-refractivity contribution < 1.29 is 14.7 Å². The van der Waals surface area contributed by atoms with Crippen molar-refractivity contribution in [2.45, 2.75) is 19.4 Å². The van der Waals surface area contributed by atoms with E-state index in [1.54, 1.807) is 29.8 Å². The van der Waals surface area contributed by atoms with E-state index in [1.807, 2.05) is 13.2 Å². The SMILES string of the molecule is CSCCC(C)N(C)C(=O)Nc1cccnc1C(=O)O. The fraction of sp³-hybridized carbons (Fsp3) is 0.462. The van der Waals surface area contributed by atoms with Crippen molar-refractivity contribution in [1.29, 1.82) is 0 Å². The summed E-state index contributed by atoms with van der Waals surface area (Å²) in [6.45, 7) is 1.96. The third kappa shape index (κ3) is 4.41. The molecule has 20 heavy (non-hydrogen) atoms. The summed E-state index contributed by atoms with van der Waals surface area (Å²) >= 11 is 1.72. The molecule has 0 saturated carbocycles. The standard InChI is InChI=1S/C13H19N3O3S/c1-9(6-8-20-3)16(2)13(19)15-10-5-4-7-14-11(10)12(17)18/h4-5,7,9H,6,8H2,1-3H3,(H,15,19)(H,17,18). The zero-order valence-electron chi connectivity index (χ0n) is 11.8. The number of aromatic nitrogens is 1. The van der Waals surface area contributed by atoms with E-state index >= 15 is 0 Å². The third-order valence-corrected chi connectivity index (χ3v) is 3.62. The predicted octanol–water partition coefficient (Wildman–Crippen LogP) is 2.39. The van der Waals surface area contributed by atoms with Crippen LogP contribution in [-0.4, -0.2) is 52.1 Å². The minimum atomic E-state index is -1.17. The Bertz CT molecular complexity index is 482. The molecule has 0 radical (unpaired) electrons. The number of thioether (sulfide) groups is 1. The lowest BCUT2D eigenvalue weighted by Crippen LogP contribution is -2.38. The molecule has 0 bridgehead atoms. The van der Waals surface area contributed by atoms with Gasteiger partial charge in [-0.25, -0.2) is 14.6 Å². The first kappa shape index (κ1) is 16.3. The van der Waals surface area contributed by atoms with Crippen LogP contribution in [0.2, 0.25) is 0 Å². The monoisotopic (exact) mass is 297 g/mol. The highest BCUT2D eigenvalue weighted by Gasteiger charge is 2.18. The van der Waals surface area contributed by atoms with Crippen molar-refractivity contribution in [3.05, 3.63) is 24.0 Å². The van der Waals surface area contributed by atoms with E-state index in [1.165, 1.54) is 12.3 Å². The molecule has 0 aromatic carbocycles. The Morgan fingerprint density at radius 2 is 2.25 bits per heavy atom. The highest BCUT2D eigenvalue weighted by atomic mass is 32.2. The molecule has 1 aromatic rings. The van der Waals surface area contributed by atoms with Crippen LogP contribution in [0.3, 0.4) is 0 Å². The van der Waals surface area contributed by atoms with Gasteiger partial charge in [-0.2, -0.15) is 11.8 Å². The lowest BCUT2D eigenvalue weighted by Gasteiger charge is -2.25. The predicted molar refractivity (Wildman–Crippen MR) is 80.4 cm³/mol. The molecule has 0 spiro atoms. The van der Waals surface area contributed by atoms with Gasteiger partial charge in [-0.3, -0.25) is 0 Å². The number of carboxylic acids is 1. The van der Waals surface area contributed by atoms with Gasteiger partial charge in [-0.1, -0.05) is 0 Å². The number of aromatic carboxylic acids is 1. The third-order valence-electron chi connectivity index (χ3n) is 2.97. The number of amides is 2. The van der Waals surface area contributed by atoms with Crippen molar-refractivity contribution in [2.24, 2.45) is 0 Å². The second kappa shape index (κ2) is 7.74. The van der Waals surface area contributed by atoms with Gasteiger partial charge in [-0.15, -0.1) is 0 Å². The smallest absolute Gasteiger partial charge is 0.356 e. The Hall–Kier alpha value is -1.76. The van der Waals surface area contributed by atoms with Crippen molar-refractivity contribution in [3.63, 3.8) is 0 Å². The summed E-state index contributed by atoms with van der Waals surface area (Å²) in [7, 11) is 1.69. The van der Waals surface area contributed by atoms with Gasteiger partial charge in [0.25, 0.3) is 0 Å². The van der Waals surface area contributed by atoms with Crippen LogP contribution in [0, 0.1) is 0 Å². The molecule has 1 atom stereocenters. The number of nitrogens with one attached hydrogen (secondary N) is 1. The molecule has 0 aliphatic heterocycles. The molecule has 7 heteroatoms. The largest absolute Gasteiger partial charge is 0.476 e. The van der Waals surface area contributed by atoms with Gasteiger partial charge in [0.05, 0.1) is 5.69 Å². The number of hydrogen-bond acceptors (Lipinski definition) is 4. The number of carbonyl (C=O) groups is 2. The van der Waals surface area contributed by atoms with Gasteiger partial charge in [0, 0.05) is 19.3 Å². The first-order valence-corrected chi connectivity index (χ1v) is 7.57. The van der Waals surface area contributed by atoms with Gasteiger partial charge < -0.3 is 15.3 Å². The van der Waals surface area contributed by atoms with Crippen LogP contribution < -0.4 is 5.32 Å². The van der Waals surface area contributed by atoms with Crippen LogP contribution in [0.1, 0.15) is 23.8 Å². The molecule has 2 amide bonds. The summed E-state index contributed by atoms with van der Waals surface area (Å²) in [6, 6.07) is 2.84. The molecule has 1 unspecified atom stereocenters.